The first-order valence-corrected chi connectivity index (χ1v) is 18.1. The minimum Gasteiger partial charge on any atom is -0.464 e. The van der Waals surface area contributed by atoms with Crippen molar-refractivity contribution in [3.63, 3.8) is 0 Å². The second-order valence-corrected chi connectivity index (χ2v) is 16.5. The summed E-state index contributed by atoms with van der Waals surface area (Å²) < 4.78 is 37.1. The Bertz CT molecular complexity index is 1180. The fourth-order valence-electron chi connectivity index (χ4n) is 10.8. The molecule has 10 fully saturated rings. The van der Waals surface area contributed by atoms with Gasteiger partial charge in [0.25, 0.3) is 0 Å². The van der Waals surface area contributed by atoms with Crippen molar-refractivity contribution in [1.29, 1.82) is 0 Å². The Morgan fingerprint density at radius 1 is 0.574 bits per heavy atom. The van der Waals surface area contributed by atoms with Gasteiger partial charge in [-0.3, -0.25) is 0 Å². The Morgan fingerprint density at radius 2 is 1.00 bits per heavy atom. The van der Waals surface area contributed by atoms with Crippen molar-refractivity contribution in [2.45, 2.75) is 159 Å². The SMILES string of the molecule is C[C@@H]1CC[C@@H]2[C@]34OO[C@](C)(CC[C@@H]13)O[C@H]4O[C@]2(C)C(=O)OCCCCCOC(=O)[C@@]1(C)O[C@@H]2O[C@@]3(C)CC[C@H]4[C@H](C)CC[C@@H]1[C@@]24OO3. The first kappa shape index (κ1) is 32.8. The van der Waals surface area contributed by atoms with Gasteiger partial charge in [-0.25, -0.2) is 29.1 Å². The van der Waals surface area contributed by atoms with Crippen LogP contribution in [0, 0.1) is 35.5 Å². The van der Waals surface area contributed by atoms with E-state index in [4.69, 9.17) is 48.0 Å². The highest BCUT2D eigenvalue weighted by molar-refractivity contribution is 5.81. The second-order valence-electron chi connectivity index (χ2n) is 16.5. The highest BCUT2D eigenvalue weighted by Crippen LogP contribution is 2.65. The van der Waals surface area contributed by atoms with Gasteiger partial charge in [0.05, 0.1) is 13.2 Å². The second kappa shape index (κ2) is 11.1. The van der Waals surface area contributed by atoms with Gasteiger partial charge in [-0.2, -0.15) is 0 Å². The molecule has 2 aliphatic carbocycles. The number of unbranched alkanes of at least 4 members (excludes halogenated alkanes) is 2. The standard InChI is InChI=1S/C35H52O12/c1-20-10-12-24-32(5,42-28-34(24)22(20)14-16-30(3,40-28)44-46-34)26(36)38-18-8-7-9-19-39-27(37)33(6)25-13-11-21(2)23-15-17-31(4)41-29(43-33)35(23,25)47-45-31/h20-25,28-29H,7-19H2,1-6H3/t20-,21-,22+,23+,24+,25+,28+,29+,30-,31-,32+,33+,34-,35-/m1/s1. The number of carbonyl (C=O) groups excluding carboxylic acids is 2. The van der Waals surface area contributed by atoms with Gasteiger partial charge in [0, 0.05) is 24.7 Å². The first-order chi connectivity index (χ1) is 22.3. The van der Waals surface area contributed by atoms with Crippen molar-refractivity contribution in [3.05, 3.63) is 0 Å². The Kier molecular flexibility index (Phi) is 7.72. The normalized spacial score (nSPS) is 53.9. The highest BCUT2D eigenvalue weighted by atomic mass is 17.3. The summed E-state index contributed by atoms with van der Waals surface area (Å²) in [6.45, 7) is 12.3. The van der Waals surface area contributed by atoms with E-state index in [9.17, 15) is 9.59 Å². The number of hydrogen-bond acceptors (Lipinski definition) is 12. The van der Waals surface area contributed by atoms with Gasteiger partial charge < -0.3 is 28.4 Å². The van der Waals surface area contributed by atoms with Crippen LogP contribution in [0.25, 0.3) is 0 Å². The maximum Gasteiger partial charge on any atom is 0.338 e. The van der Waals surface area contributed by atoms with E-state index in [1.165, 1.54) is 0 Å². The van der Waals surface area contributed by atoms with E-state index in [1.54, 1.807) is 0 Å². The van der Waals surface area contributed by atoms with Gasteiger partial charge in [0.1, 0.15) is 0 Å². The number of carbonyl (C=O) groups is 2. The van der Waals surface area contributed by atoms with E-state index < -0.39 is 58.5 Å². The predicted molar refractivity (Wildman–Crippen MR) is 160 cm³/mol. The first-order valence-electron chi connectivity index (χ1n) is 18.1. The van der Waals surface area contributed by atoms with Crippen molar-refractivity contribution in [1.82, 2.24) is 0 Å². The van der Waals surface area contributed by atoms with E-state index in [0.29, 0.717) is 24.7 Å². The highest BCUT2D eigenvalue weighted by Gasteiger charge is 2.77. The lowest BCUT2D eigenvalue weighted by Gasteiger charge is -2.50. The van der Waals surface area contributed by atoms with Gasteiger partial charge in [-0.15, -0.1) is 0 Å². The molecule has 8 aliphatic heterocycles. The van der Waals surface area contributed by atoms with Crippen LogP contribution in [0.3, 0.4) is 0 Å². The fraction of sp³-hybridized carbons (Fsp3) is 0.943. The molecular formula is C35H52O12. The number of fused-ring (bicyclic) bond motifs is 4. The third-order valence-electron chi connectivity index (χ3n) is 13.5. The molecule has 0 unspecified atom stereocenters. The van der Waals surface area contributed by atoms with Crippen LogP contribution >= 0.6 is 0 Å². The van der Waals surface area contributed by atoms with Crippen molar-refractivity contribution in [3.8, 4) is 0 Å². The van der Waals surface area contributed by atoms with E-state index in [0.717, 1.165) is 57.8 Å². The molecule has 47 heavy (non-hydrogen) atoms. The predicted octanol–water partition coefficient (Wildman–Crippen LogP) is 5.25. The summed E-state index contributed by atoms with van der Waals surface area (Å²) in [5, 5.41) is 0. The zero-order valence-electron chi connectivity index (χ0n) is 28.7. The Balaban J connectivity index is 0.833. The Hall–Kier alpha value is -1.38. The molecule has 0 N–H and O–H groups in total. The average molecular weight is 665 g/mol. The topological polar surface area (TPSA) is 126 Å². The lowest BCUT2D eigenvalue weighted by Crippen LogP contribution is -2.62. The third kappa shape index (κ3) is 4.61. The summed E-state index contributed by atoms with van der Waals surface area (Å²) in [5.41, 5.74) is -4.02. The molecule has 0 aromatic rings. The van der Waals surface area contributed by atoms with E-state index in [1.807, 2.05) is 27.7 Å². The van der Waals surface area contributed by atoms with E-state index in [-0.39, 0.29) is 36.9 Å². The monoisotopic (exact) mass is 664 g/mol. The minimum atomic E-state index is -1.19. The molecule has 2 saturated carbocycles. The summed E-state index contributed by atoms with van der Waals surface area (Å²) >= 11 is 0. The van der Waals surface area contributed by atoms with Crippen LogP contribution < -0.4 is 0 Å². The summed E-state index contributed by atoms with van der Waals surface area (Å²) in [6, 6.07) is 0. The van der Waals surface area contributed by atoms with Crippen LogP contribution in [0.5, 0.6) is 0 Å². The molecule has 8 saturated heterocycles. The zero-order valence-corrected chi connectivity index (χ0v) is 28.7. The summed E-state index contributed by atoms with van der Waals surface area (Å²) in [5.74, 6) is -1.87. The molecule has 14 atom stereocenters. The maximum absolute atomic E-state index is 13.6. The van der Waals surface area contributed by atoms with E-state index >= 15 is 0 Å². The molecule has 8 heterocycles. The molecule has 12 nitrogen and oxygen atoms in total. The smallest absolute Gasteiger partial charge is 0.338 e. The van der Waals surface area contributed by atoms with Gasteiger partial charge in [0.2, 0.25) is 11.6 Å². The van der Waals surface area contributed by atoms with Crippen LogP contribution in [0.2, 0.25) is 0 Å². The van der Waals surface area contributed by atoms with Crippen molar-refractivity contribution >= 4 is 11.9 Å². The third-order valence-corrected chi connectivity index (χ3v) is 13.5. The lowest BCUT2D eigenvalue weighted by atomic mass is 9.60. The van der Waals surface area contributed by atoms with Gasteiger partial charge in [-0.1, -0.05) is 13.8 Å². The molecule has 10 rings (SSSR count). The van der Waals surface area contributed by atoms with E-state index in [2.05, 4.69) is 13.8 Å². The number of hydrogen-bond donors (Lipinski definition) is 0. The van der Waals surface area contributed by atoms with Crippen LogP contribution in [-0.2, 0) is 57.6 Å². The lowest BCUT2D eigenvalue weighted by molar-refractivity contribution is -0.541. The molecule has 0 radical (unpaired) electrons. The molecule has 264 valence electrons. The van der Waals surface area contributed by atoms with Crippen molar-refractivity contribution < 1.29 is 57.6 Å². The summed E-state index contributed by atoms with van der Waals surface area (Å²) in [7, 11) is 0. The zero-order chi connectivity index (χ0) is 33.0. The number of rotatable bonds is 8. The molecular weight excluding hydrogens is 612 g/mol. The van der Waals surface area contributed by atoms with Crippen LogP contribution in [0.4, 0.5) is 0 Å². The largest absolute Gasteiger partial charge is 0.464 e. The number of ether oxygens (including phenoxy) is 6. The van der Waals surface area contributed by atoms with Crippen molar-refractivity contribution in [2.75, 3.05) is 13.2 Å². The van der Waals surface area contributed by atoms with Gasteiger partial charge >= 0.3 is 11.9 Å². The number of esters is 2. The van der Waals surface area contributed by atoms with Gasteiger partial charge in [0.15, 0.2) is 35.0 Å². The summed E-state index contributed by atoms with van der Waals surface area (Å²) in [4.78, 5) is 51.1. The maximum atomic E-state index is 13.6. The van der Waals surface area contributed by atoms with Crippen LogP contribution in [-0.4, -0.2) is 71.7 Å². The van der Waals surface area contributed by atoms with Crippen LogP contribution in [0.15, 0.2) is 0 Å². The molecule has 0 amide bonds. The minimum absolute atomic E-state index is 0.174. The molecule has 12 heteroatoms. The molecule has 0 aromatic carbocycles. The quantitative estimate of drug-likeness (QED) is 0.191. The summed E-state index contributed by atoms with van der Waals surface area (Å²) in [6.07, 6.45) is 7.35. The molecule has 2 spiro atoms. The molecule has 4 bridgehead atoms. The average Bonchev–Trinajstić information content (AvgIpc) is 3.16. The van der Waals surface area contributed by atoms with Crippen molar-refractivity contribution in [2.24, 2.45) is 35.5 Å². The Labute approximate surface area is 276 Å². The van der Waals surface area contributed by atoms with Crippen LogP contribution in [0.1, 0.15) is 112 Å². The Morgan fingerprint density at radius 3 is 1.43 bits per heavy atom. The molecule has 0 aromatic heterocycles. The molecule has 10 aliphatic rings. The fourth-order valence-corrected chi connectivity index (χ4v) is 10.8. The van der Waals surface area contributed by atoms with Gasteiger partial charge in [-0.05, 0) is 109 Å².